The van der Waals surface area contributed by atoms with Crippen molar-refractivity contribution in [2.75, 3.05) is 11.5 Å². The van der Waals surface area contributed by atoms with Crippen molar-refractivity contribution in [3.8, 4) is 5.88 Å². The number of hydrogen-bond acceptors (Lipinski definition) is 5. The summed E-state index contributed by atoms with van der Waals surface area (Å²) in [7, 11) is 0. The van der Waals surface area contributed by atoms with Crippen LogP contribution in [0.3, 0.4) is 0 Å². The third-order valence-corrected chi connectivity index (χ3v) is 7.04. The Balaban J connectivity index is 1.98. The van der Waals surface area contributed by atoms with Crippen molar-refractivity contribution in [1.82, 2.24) is 9.78 Å². The molecule has 25 heavy (non-hydrogen) atoms. The van der Waals surface area contributed by atoms with Gasteiger partial charge in [0, 0.05) is 22.8 Å². The largest absolute Gasteiger partial charge is 0.404 e. The van der Waals surface area contributed by atoms with Crippen LogP contribution in [-0.4, -0.2) is 27.3 Å². The fourth-order valence-electron chi connectivity index (χ4n) is 3.07. The zero-order valence-electron chi connectivity index (χ0n) is 14.5. The van der Waals surface area contributed by atoms with E-state index in [4.69, 9.17) is 16.3 Å². The maximum atomic E-state index is 12.8. The van der Waals surface area contributed by atoms with Crippen LogP contribution in [-0.2, 0) is 6.54 Å². The topological polar surface area (TPSA) is 44.1 Å². The molecule has 1 aliphatic heterocycles. The smallest absolute Gasteiger partial charge is 0.345 e. The summed E-state index contributed by atoms with van der Waals surface area (Å²) in [6, 6.07) is 3.44. The Bertz CT molecular complexity index is 792. The molecule has 1 aromatic heterocycles. The van der Waals surface area contributed by atoms with Crippen LogP contribution >= 0.6 is 35.1 Å². The zero-order valence-corrected chi connectivity index (χ0v) is 16.9. The maximum absolute atomic E-state index is 12.8. The Labute approximate surface area is 161 Å². The number of aromatic nitrogens is 2. The number of carbonyl (C=O) groups is 1. The molecule has 2 aromatic rings. The second-order valence-corrected chi connectivity index (χ2v) is 8.72. The molecular weight excluding hydrogens is 376 g/mol. The van der Waals surface area contributed by atoms with E-state index in [0.29, 0.717) is 28.3 Å². The minimum absolute atomic E-state index is 0.381. The normalized spacial score (nSPS) is 16.6. The predicted octanol–water partition coefficient (Wildman–Crippen LogP) is 5.37. The molecule has 4 nitrogen and oxygen atoms in total. The summed E-state index contributed by atoms with van der Waals surface area (Å²) in [5.41, 5.74) is 2.72. The molecule has 1 aromatic carbocycles. The van der Waals surface area contributed by atoms with Gasteiger partial charge in [0.1, 0.15) is 0 Å². The van der Waals surface area contributed by atoms with E-state index < -0.39 is 0 Å². The Hall–Kier alpha value is -1.11. The number of hydrogen-bond donors (Lipinski definition) is 0. The van der Waals surface area contributed by atoms with Gasteiger partial charge in [0.2, 0.25) is 5.88 Å². The zero-order chi connectivity index (χ0) is 18.0. The van der Waals surface area contributed by atoms with Crippen molar-refractivity contribution >= 4 is 41.1 Å². The highest BCUT2D eigenvalue weighted by Gasteiger charge is 2.28. The first-order valence-corrected chi connectivity index (χ1v) is 10.8. The van der Waals surface area contributed by atoms with Crippen molar-refractivity contribution in [2.45, 2.75) is 43.9 Å². The van der Waals surface area contributed by atoms with Gasteiger partial charge in [-0.3, -0.25) is 0 Å². The number of ether oxygens (including phenoxy) is 1. The van der Waals surface area contributed by atoms with Crippen molar-refractivity contribution in [2.24, 2.45) is 0 Å². The average molecular weight is 397 g/mol. The van der Waals surface area contributed by atoms with Crippen molar-refractivity contribution < 1.29 is 9.53 Å². The van der Waals surface area contributed by atoms with Gasteiger partial charge in [0.05, 0.1) is 16.8 Å². The first-order chi connectivity index (χ1) is 12.1. The fourth-order valence-corrected chi connectivity index (χ4v) is 6.02. The third-order valence-electron chi connectivity index (χ3n) is 4.25. The quantitative estimate of drug-likeness (QED) is 0.635. The van der Waals surface area contributed by atoms with Crippen LogP contribution in [0.15, 0.2) is 23.2 Å². The molecule has 0 radical (unpaired) electrons. The summed E-state index contributed by atoms with van der Waals surface area (Å²) in [5.74, 6) is 2.17. The first-order valence-electron chi connectivity index (χ1n) is 8.38. The van der Waals surface area contributed by atoms with Crippen molar-refractivity contribution in [3.05, 3.63) is 40.0 Å². The van der Waals surface area contributed by atoms with Gasteiger partial charge < -0.3 is 4.74 Å². The van der Waals surface area contributed by atoms with Gasteiger partial charge in [-0.1, -0.05) is 18.5 Å². The number of benzene rings is 1. The summed E-state index contributed by atoms with van der Waals surface area (Å²) < 4.78 is 7.23. The summed E-state index contributed by atoms with van der Waals surface area (Å²) >= 11 is 10.2. The van der Waals surface area contributed by atoms with Crippen LogP contribution in [0.25, 0.3) is 0 Å². The second kappa shape index (κ2) is 8.06. The number of fused-ring (bicyclic) bond motifs is 1. The van der Waals surface area contributed by atoms with Gasteiger partial charge in [-0.2, -0.15) is 16.9 Å². The van der Waals surface area contributed by atoms with E-state index in [2.05, 4.69) is 12.0 Å². The van der Waals surface area contributed by atoms with E-state index in [1.807, 2.05) is 25.6 Å². The van der Waals surface area contributed by atoms with E-state index in [9.17, 15) is 4.79 Å². The molecule has 7 heteroatoms. The third kappa shape index (κ3) is 3.71. The van der Waals surface area contributed by atoms with Crippen molar-refractivity contribution in [3.63, 3.8) is 0 Å². The first kappa shape index (κ1) is 18.7. The Morgan fingerprint density at radius 2 is 2.32 bits per heavy atom. The highest BCUT2D eigenvalue weighted by atomic mass is 35.5. The summed E-state index contributed by atoms with van der Waals surface area (Å²) in [5, 5.41) is 5.16. The minimum atomic E-state index is -0.381. The Kier molecular flexibility index (Phi) is 6.02. The van der Waals surface area contributed by atoms with E-state index in [-0.39, 0.29) is 5.97 Å². The van der Waals surface area contributed by atoms with Crippen LogP contribution in [0.2, 0.25) is 5.02 Å². The summed E-state index contributed by atoms with van der Waals surface area (Å²) in [4.78, 5) is 13.9. The summed E-state index contributed by atoms with van der Waals surface area (Å²) in [6.07, 6.45) is 2.72. The molecule has 2 heterocycles. The molecule has 0 aliphatic carbocycles. The predicted molar refractivity (Wildman–Crippen MR) is 105 cm³/mol. The van der Waals surface area contributed by atoms with Gasteiger partial charge in [-0.05, 0) is 49.0 Å². The number of nitrogens with zero attached hydrogens (tertiary/aromatic N) is 2. The van der Waals surface area contributed by atoms with E-state index in [1.165, 1.54) is 5.56 Å². The minimum Gasteiger partial charge on any atom is -0.404 e. The molecule has 0 saturated heterocycles. The van der Waals surface area contributed by atoms with Crippen LogP contribution in [0.4, 0.5) is 0 Å². The number of halogens is 1. The van der Waals surface area contributed by atoms with Crippen LogP contribution < -0.4 is 4.74 Å². The molecule has 0 N–H and O–H groups in total. The lowest BCUT2D eigenvalue weighted by Gasteiger charge is -2.28. The molecule has 3 rings (SSSR count). The summed E-state index contributed by atoms with van der Waals surface area (Å²) in [6.45, 7) is 6.76. The number of thioether (sulfide) groups is 2. The lowest BCUT2D eigenvalue weighted by Crippen LogP contribution is -2.16. The van der Waals surface area contributed by atoms with Gasteiger partial charge in [0.25, 0.3) is 0 Å². The van der Waals surface area contributed by atoms with Gasteiger partial charge in [-0.15, -0.1) is 11.8 Å². The lowest BCUT2D eigenvalue weighted by atomic mass is 9.98. The molecule has 1 atom stereocenters. The molecule has 0 saturated carbocycles. The standard InChI is InChI=1S/C18H21ClN2O2S2/c1-4-21-15(6-8-20-21)23-18(22)12-10-13(19)17-16(11(12)3)14(24-5-2)7-9-25-17/h6,8,10,14H,4-5,7,9H2,1-3H3. The molecule has 0 spiro atoms. The van der Waals surface area contributed by atoms with E-state index >= 15 is 0 Å². The average Bonchev–Trinajstić information content (AvgIpc) is 3.05. The maximum Gasteiger partial charge on any atom is 0.345 e. The second-order valence-electron chi connectivity index (χ2n) is 5.73. The van der Waals surface area contributed by atoms with E-state index in [1.54, 1.807) is 34.8 Å². The lowest BCUT2D eigenvalue weighted by molar-refractivity contribution is 0.0717. The van der Waals surface area contributed by atoms with E-state index in [0.717, 1.165) is 28.4 Å². The highest BCUT2D eigenvalue weighted by molar-refractivity contribution is 8.01. The molecule has 0 fully saturated rings. The number of esters is 1. The molecule has 1 aliphatic rings. The molecular formula is C18H21ClN2O2S2. The number of rotatable bonds is 5. The van der Waals surface area contributed by atoms with Gasteiger partial charge >= 0.3 is 5.97 Å². The SMILES string of the molecule is CCSC1CCSc2c(Cl)cc(C(=O)Oc3ccnn3CC)c(C)c21. The van der Waals surface area contributed by atoms with Crippen LogP contribution in [0, 0.1) is 6.92 Å². The number of aryl methyl sites for hydroxylation is 1. The molecule has 0 bridgehead atoms. The van der Waals surface area contributed by atoms with Gasteiger partial charge in [-0.25, -0.2) is 9.48 Å². The highest BCUT2D eigenvalue weighted by Crippen LogP contribution is 2.48. The monoisotopic (exact) mass is 396 g/mol. The van der Waals surface area contributed by atoms with Crippen LogP contribution in [0.5, 0.6) is 5.88 Å². The van der Waals surface area contributed by atoms with Gasteiger partial charge in [0.15, 0.2) is 0 Å². The van der Waals surface area contributed by atoms with Crippen LogP contribution in [0.1, 0.15) is 47.0 Å². The Morgan fingerprint density at radius 1 is 1.52 bits per heavy atom. The fraction of sp³-hybridized carbons (Fsp3) is 0.444. The number of carbonyl (C=O) groups excluding carboxylic acids is 1. The Morgan fingerprint density at radius 3 is 3.04 bits per heavy atom. The molecule has 0 amide bonds. The molecule has 134 valence electrons. The van der Waals surface area contributed by atoms with Crippen molar-refractivity contribution in [1.29, 1.82) is 0 Å². The molecule has 1 unspecified atom stereocenters.